The second-order valence-electron chi connectivity index (χ2n) is 8.57. The Hall–Kier alpha value is -2.55. The Kier molecular flexibility index (Phi) is 9.60. The summed E-state index contributed by atoms with van der Waals surface area (Å²) in [5.41, 5.74) is 2.31. The third kappa shape index (κ3) is 7.46. The summed E-state index contributed by atoms with van der Waals surface area (Å²) in [7, 11) is 1.83. The highest BCUT2D eigenvalue weighted by molar-refractivity contribution is 7.99. The Bertz CT molecular complexity index is 1180. The molecule has 0 saturated carbocycles. The quantitative estimate of drug-likeness (QED) is 0.315. The molecule has 0 spiro atoms. The minimum absolute atomic E-state index is 0.131. The molecule has 0 saturated heterocycles. The maximum absolute atomic E-state index is 12.9. The largest absolute Gasteiger partial charge is 0.342 e. The molecule has 3 rings (SSSR count). The lowest BCUT2D eigenvalue weighted by Crippen LogP contribution is -2.31. The van der Waals surface area contributed by atoms with Crippen LogP contribution in [0.1, 0.15) is 55.0 Å². The molecule has 1 atom stereocenters. The van der Waals surface area contributed by atoms with Gasteiger partial charge in [0.15, 0.2) is 11.0 Å². The number of carbonyl (C=O) groups is 2. The van der Waals surface area contributed by atoms with Crippen molar-refractivity contribution in [1.82, 2.24) is 20.1 Å². The van der Waals surface area contributed by atoms with E-state index < -0.39 is 0 Å². The highest BCUT2D eigenvalue weighted by Crippen LogP contribution is 2.26. The van der Waals surface area contributed by atoms with Crippen LogP contribution in [0, 0.1) is 5.92 Å². The topological polar surface area (TPSA) is 88.9 Å². The van der Waals surface area contributed by atoms with Gasteiger partial charge in [-0.3, -0.25) is 9.59 Å². The van der Waals surface area contributed by atoms with Crippen LogP contribution < -0.4 is 10.6 Å². The Balaban J connectivity index is 1.68. The van der Waals surface area contributed by atoms with Crippen LogP contribution in [0.25, 0.3) is 0 Å². The van der Waals surface area contributed by atoms with E-state index >= 15 is 0 Å². The van der Waals surface area contributed by atoms with Crippen molar-refractivity contribution in [3.05, 3.63) is 69.5 Å². The van der Waals surface area contributed by atoms with E-state index in [0.29, 0.717) is 33.9 Å². The van der Waals surface area contributed by atoms with Gasteiger partial charge in [-0.1, -0.05) is 67.9 Å². The van der Waals surface area contributed by atoms with Crippen LogP contribution in [0.5, 0.6) is 0 Å². The number of halogens is 2. The van der Waals surface area contributed by atoms with E-state index in [1.807, 2.05) is 35.9 Å². The average Bonchev–Trinajstić information content (AvgIpc) is 3.17. The van der Waals surface area contributed by atoms with Gasteiger partial charge in [-0.05, 0) is 54.7 Å². The monoisotopic (exact) mass is 533 g/mol. The molecule has 1 aromatic heterocycles. The van der Waals surface area contributed by atoms with E-state index in [2.05, 4.69) is 41.6 Å². The maximum Gasteiger partial charge on any atom is 0.253 e. The SMILES string of the molecule is CCc1ccc(NC(=O)CSc2nnc([C@@H](CC(C)C)NC(=O)c3ccc(Cl)cc3Cl)n2C)cc1. The van der Waals surface area contributed by atoms with Crippen molar-refractivity contribution in [3.63, 3.8) is 0 Å². The molecule has 186 valence electrons. The van der Waals surface area contributed by atoms with Gasteiger partial charge in [0.1, 0.15) is 0 Å². The summed E-state index contributed by atoms with van der Waals surface area (Å²) in [6.07, 6.45) is 1.60. The minimum atomic E-state index is -0.382. The number of aryl methyl sites for hydroxylation is 1. The third-order valence-corrected chi connectivity index (χ3v) is 6.91. The minimum Gasteiger partial charge on any atom is -0.342 e. The van der Waals surface area contributed by atoms with Crippen molar-refractivity contribution in [2.24, 2.45) is 13.0 Å². The molecule has 0 aliphatic heterocycles. The van der Waals surface area contributed by atoms with Crippen LogP contribution in [-0.4, -0.2) is 32.3 Å². The molecular formula is C25H29Cl2N5O2S. The number of aromatic nitrogens is 3. The van der Waals surface area contributed by atoms with Crippen molar-refractivity contribution < 1.29 is 9.59 Å². The number of carbonyl (C=O) groups excluding carboxylic acids is 2. The molecule has 2 amide bonds. The molecule has 0 radical (unpaired) electrons. The Morgan fingerprint density at radius 1 is 1.09 bits per heavy atom. The Labute approximate surface area is 220 Å². The van der Waals surface area contributed by atoms with Crippen molar-refractivity contribution in [2.75, 3.05) is 11.1 Å². The number of benzene rings is 2. The fourth-order valence-corrected chi connectivity index (χ4v) is 4.73. The number of nitrogens with one attached hydrogen (secondary N) is 2. The molecule has 7 nitrogen and oxygen atoms in total. The van der Waals surface area contributed by atoms with E-state index in [9.17, 15) is 9.59 Å². The van der Waals surface area contributed by atoms with Gasteiger partial charge in [-0.15, -0.1) is 10.2 Å². The molecule has 0 fully saturated rings. The van der Waals surface area contributed by atoms with Gasteiger partial charge in [-0.25, -0.2) is 0 Å². The highest BCUT2D eigenvalue weighted by Gasteiger charge is 2.24. The molecule has 10 heteroatoms. The number of amides is 2. The summed E-state index contributed by atoms with van der Waals surface area (Å²) >= 11 is 13.5. The second-order valence-corrected chi connectivity index (χ2v) is 10.4. The number of nitrogens with zero attached hydrogens (tertiary/aromatic N) is 3. The number of thioether (sulfide) groups is 1. The Morgan fingerprint density at radius 2 is 1.80 bits per heavy atom. The van der Waals surface area contributed by atoms with Gasteiger partial charge in [0.2, 0.25) is 5.91 Å². The van der Waals surface area contributed by atoms with Gasteiger partial charge in [0, 0.05) is 17.8 Å². The standard InChI is InChI=1S/C25H29Cl2N5O2S/c1-5-16-6-9-18(10-7-16)28-22(33)14-35-25-31-30-23(32(25)4)21(12-15(2)3)29-24(34)19-11-8-17(26)13-20(19)27/h6-11,13,15,21H,5,12,14H2,1-4H3,(H,28,33)(H,29,34)/t21-/m1/s1. The van der Waals surface area contributed by atoms with E-state index in [-0.39, 0.29) is 28.6 Å². The molecule has 0 unspecified atom stereocenters. The first-order valence-electron chi connectivity index (χ1n) is 11.3. The summed E-state index contributed by atoms with van der Waals surface area (Å²) in [6, 6.07) is 12.2. The molecule has 1 heterocycles. The summed E-state index contributed by atoms with van der Waals surface area (Å²) in [6.45, 7) is 6.22. The van der Waals surface area contributed by atoms with Gasteiger partial charge in [0.05, 0.1) is 22.4 Å². The highest BCUT2D eigenvalue weighted by atomic mass is 35.5. The van der Waals surface area contributed by atoms with Crippen LogP contribution >= 0.6 is 35.0 Å². The first-order valence-corrected chi connectivity index (χ1v) is 13.1. The molecule has 0 bridgehead atoms. The maximum atomic E-state index is 12.9. The third-order valence-electron chi connectivity index (χ3n) is 5.35. The van der Waals surface area contributed by atoms with Gasteiger partial charge in [0.25, 0.3) is 5.91 Å². The van der Waals surface area contributed by atoms with Crippen molar-refractivity contribution >= 4 is 52.5 Å². The lowest BCUT2D eigenvalue weighted by atomic mass is 10.0. The molecule has 2 N–H and O–H groups in total. The number of hydrogen-bond acceptors (Lipinski definition) is 5. The summed E-state index contributed by atoms with van der Waals surface area (Å²) in [4.78, 5) is 25.4. The van der Waals surface area contributed by atoms with Gasteiger partial charge >= 0.3 is 0 Å². The summed E-state index contributed by atoms with van der Waals surface area (Å²) in [5.74, 6) is 0.633. The fraction of sp³-hybridized carbons (Fsp3) is 0.360. The zero-order valence-electron chi connectivity index (χ0n) is 20.1. The zero-order chi connectivity index (χ0) is 25.5. The van der Waals surface area contributed by atoms with E-state index in [1.54, 1.807) is 12.1 Å². The number of rotatable bonds is 10. The number of hydrogen-bond donors (Lipinski definition) is 2. The molecule has 0 aliphatic carbocycles. The second kappa shape index (κ2) is 12.4. The summed E-state index contributed by atoms with van der Waals surface area (Å²) in [5, 5.41) is 15.8. The van der Waals surface area contributed by atoms with Crippen LogP contribution in [0.15, 0.2) is 47.6 Å². The molecule has 35 heavy (non-hydrogen) atoms. The van der Waals surface area contributed by atoms with Crippen molar-refractivity contribution in [3.8, 4) is 0 Å². The van der Waals surface area contributed by atoms with Crippen molar-refractivity contribution in [2.45, 2.75) is 44.8 Å². The molecular weight excluding hydrogens is 505 g/mol. The van der Waals surface area contributed by atoms with E-state index in [4.69, 9.17) is 23.2 Å². The normalized spacial score (nSPS) is 12.0. The smallest absolute Gasteiger partial charge is 0.253 e. The predicted octanol–water partition coefficient (Wildman–Crippen LogP) is 5.93. The van der Waals surface area contributed by atoms with E-state index in [0.717, 1.165) is 12.1 Å². The predicted molar refractivity (Wildman–Crippen MR) is 142 cm³/mol. The van der Waals surface area contributed by atoms with Crippen LogP contribution in [-0.2, 0) is 18.3 Å². The van der Waals surface area contributed by atoms with Crippen LogP contribution in [0.3, 0.4) is 0 Å². The lowest BCUT2D eigenvalue weighted by Gasteiger charge is -2.20. The Morgan fingerprint density at radius 3 is 2.43 bits per heavy atom. The summed E-state index contributed by atoms with van der Waals surface area (Å²) < 4.78 is 1.81. The fourth-order valence-electron chi connectivity index (χ4n) is 3.52. The van der Waals surface area contributed by atoms with Crippen LogP contribution in [0.4, 0.5) is 5.69 Å². The van der Waals surface area contributed by atoms with Crippen molar-refractivity contribution in [1.29, 1.82) is 0 Å². The van der Waals surface area contributed by atoms with E-state index in [1.165, 1.54) is 23.4 Å². The average molecular weight is 535 g/mol. The van der Waals surface area contributed by atoms with Gasteiger partial charge in [-0.2, -0.15) is 0 Å². The first-order chi connectivity index (χ1) is 16.7. The first kappa shape index (κ1) is 27.0. The van der Waals surface area contributed by atoms with Gasteiger partial charge < -0.3 is 15.2 Å². The molecule has 3 aromatic rings. The number of anilines is 1. The van der Waals surface area contributed by atoms with Crippen LogP contribution in [0.2, 0.25) is 10.0 Å². The molecule has 0 aliphatic rings. The molecule has 2 aromatic carbocycles. The lowest BCUT2D eigenvalue weighted by molar-refractivity contribution is -0.113. The zero-order valence-corrected chi connectivity index (χ0v) is 22.5.